The fourth-order valence-electron chi connectivity index (χ4n) is 3.16. The number of rotatable bonds is 6. The molecule has 0 bridgehead atoms. The number of halogens is 3. The van der Waals surface area contributed by atoms with Gasteiger partial charge in [-0.15, -0.1) is 0 Å². The Labute approximate surface area is 149 Å². The van der Waals surface area contributed by atoms with Crippen molar-refractivity contribution in [3.8, 4) is 6.07 Å². The molecule has 1 aliphatic rings. The van der Waals surface area contributed by atoms with Crippen LogP contribution in [0.5, 0.6) is 0 Å². The molecular weight excluding hydrogens is 347 g/mol. The van der Waals surface area contributed by atoms with Crippen LogP contribution >= 0.6 is 0 Å². The van der Waals surface area contributed by atoms with Crippen molar-refractivity contribution >= 4 is 17.5 Å². The van der Waals surface area contributed by atoms with Crippen molar-refractivity contribution in [2.45, 2.75) is 39.0 Å². The number of amides is 2. The first kappa shape index (κ1) is 19.8. The van der Waals surface area contributed by atoms with Crippen LogP contribution in [0.4, 0.5) is 18.9 Å². The predicted octanol–water partition coefficient (Wildman–Crippen LogP) is 3.36. The second-order valence-corrected chi connectivity index (χ2v) is 6.40. The summed E-state index contributed by atoms with van der Waals surface area (Å²) in [4.78, 5) is 26.2. The van der Waals surface area contributed by atoms with Gasteiger partial charge >= 0.3 is 0 Å². The van der Waals surface area contributed by atoms with Gasteiger partial charge < -0.3 is 10.2 Å². The van der Waals surface area contributed by atoms with E-state index in [4.69, 9.17) is 0 Å². The summed E-state index contributed by atoms with van der Waals surface area (Å²) in [6.07, 6.45) is 3.00. The van der Waals surface area contributed by atoms with E-state index in [2.05, 4.69) is 11.4 Å². The molecule has 0 heterocycles. The molecule has 140 valence electrons. The van der Waals surface area contributed by atoms with Gasteiger partial charge in [-0.1, -0.05) is 19.8 Å². The van der Waals surface area contributed by atoms with Gasteiger partial charge in [0.05, 0.1) is 18.3 Å². The van der Waals surface area contributed by atoms with E-state index in [-0.39, 0.29) is 6.54 Å². The number of carbonyl (C=O) groups is 2. The van der Waals surface area contributed by atoms with Crippen LogP contribution in [0.2, 0.25) is 0 Å². The third kappa shape index (κ3) is 3.98. The third-order valence-corrected chi connectivity index (χ3v) is 4.50. The molecule has 1 aromatic rings. The summed E-state index contributed by atoms with van der Waals surface area (Å²) >= 11 is 0. The SMILES string of the molecule is CCCN(CC(=O)Nc1ccc(F)c(F)c1F)C(=O)C1(C#N)CCCC1. The van der Waals surface area contributed by atoms with Gasteiger partial charge in [-0.2, -0.15) is 5.26 Å². The van der Waals surface area contributed by atoms with Crippen molar-refractivity contribution in [2.75, 3.05) is 18.4 Å². The minimum absolute atomic E-state index is 0.260. The summed E-state index contributed by atoms with van der Waals surface area (Å²) < 4.78 is 39.9. The first-order valence-electron chi connectivity index (χ1n) is 8.48. The Morgan fingerprint density at radius 2 is 1.88 bits per heavy atom. The Bertz CT molecular complexity index is 740. The van der Waals surface area contributed by atoms with Crippen LogP contribution in [0.3, 0.4) is 0 Å². The molecule has 0 saturated heterocycles. The van der Waals surface area contributed by atoms with Gasteiger partial charge in [0.25, 0.3) is 0 Å². The molecule has 8 heteroatoms. The number of carbonyl (C=O) groups excluding carboxylic acids is 2. The minimum Gasteiger partial charge on any atom is -0.332 e. The molecule has 0 aliphatic heterocycles. The first-order chi connectivity index (χ1) is 12.3. The number of hydrogen-bond donors (Lipinski definition) is 1. The number of nitriles is 1. The molecule has 0 atom stereocenters. The molecule has 2 rings (SSSR count). The highest BCUT2D eigenvalue weighted by Gasteiger charge is 2.44. The maximum Gasteiger partial charge on any atom is 0.244 e. The van der Waals surface area contributed by atoms with E-state index < -0.39 is 46.9 Å². The zero-order valence-electron chi connectivity index (χ0n) is 14.4. The Morgan fingerprint density at radius 3 is 2.46 bits per heavy atom. The van der Waals surface area contributed by atoms with Crippen molar-refractivity contribution in [3.05, 3.63) is 29.6 Å². The van der Waals surface area contributed by atoms with Crippen LogP contribution in [0.1, 0.15) is 39.0 Å². The number of hydrogen-bond acceptors (Lipinski definition) is 3. The lowest BCUT2D eigenvalue weighted by Gasteiger charge is -2.29. The van der Waals surface area contributed by atoms with Crippen LogP contribution < -0.4 is 5.32 Å². The zero-order chi connectivity index (χ0) is 19.3. The Kier molecular flexibility index (Phi) is 6.24. The molecule has 26 heavy (non-hydrogen) atoms. The maximum absolute atomic E-state index is 13.7. The van der Waals surface area contributed by atoms with Crippen LogP contribution in [-0.2, 0) is 9.59 Å². The van der Waals surface area contributed by atoms with Gasteiger partial charge in [0.2, 0.25) is 11.8 Å². The monoisotopic (exact) mass is 367 g/mol. The second kappa shape index (κ2) is 8.21. The third-order valence-electron chi connectivity index (χ3n) is 4.50. The molecule has 1 aliphatic carbocycles. The molecule has 0 spiro atoms. The summed E-state index contributed by atoms with van der Waals surface area (Å²) in [7, 11) is 0. The lowest BCUT2D eigenvalue weighted by molar-refractivity contribution is -0.141. The van der Waals surface area contributed by atoms with Gasteiger partial charge in [-0.05, 0) is 31.4 Å². The molecule has 1 N–H and O–H groups in total. The van der Waals surface area contributed by atoms with Gasteiger partial charge in [0.15, 0.2) is 17.5 Å². The van der Waals surface area contributed by atoms with Crippen molar-refractivity contribution in [1.29, 1.82) is 5.26 Å². The smallest absolute Gasteiger partial charge is 0.244 e. The van der Waals surface area contributed by atoms with Crippen LogP contribution in [-0.4, -0.2) is 29.8 Å². The summed E-state index contributed by atoms with van der Waals surface area (Å²) in [5.41, 5.74) is -1.63. The van der Waals surface area contributed by atoms with Crippen LogP contribution in [0.25, 0.3) is 0 Å². The van der Waals surface area contributed by atoms with Gasteiger partial charge in [0.1, 0.15) is 5.41 Å². The molecule has 0 unspecified atom stereocenters. The van der Waals surface area contributed by atoms with Crippen molar-refractivity contribution in [1.82, 2.24) is 4.90 Å². The summed E-state index contributed by atoms with van der Waals surface area (Å²) in [6, 6.07) is 3.70. The highest BCUT2D eigenvalue weighted by Crippen LogP contribution is 2.39. The Hall–Kier alpha value is -2.56. The normalized spacial score (nSPS) is 15.3. The van der Waals surface area contributed by atoms with Crippen molar-refractivity contribution in [3.63, 3.8) is 0 Å². The quantitative estimate of drug-likeness (QED) is 0.784. The highest BCUT2D eigenvalue weighted by molar-refractivity contribution is 5.96. The van der Waals surface area contributed by atoms with Gasteiger partial charge in [-0.3, -0.25) is 9.59 Å². The van der Waals surface area contributed by atoms with E-state index in [0.717, 1.165) is 18.9 Å². The van der Waals surface area contributed by atoms with Crippen molar-refractivity contribution < 1.29 is 22.8 Å². The second-order valence-electron chi connectivity index (χ2n) is 6.40. The Balaban J connectivity index is 2.12. The molecule has 1 saturated carbocycles. The predicted molar refractivity (Wildman–Crippen MR) is 88.3 cm³/mol. The number of anilines is 1. The van der Waals surface area contributed by atoms with E-state index in [1.807, 2.05) is 6.92 Å². The minimum atomic E-state index is -1.68. The van der Waals surface area contributed by atoms with Crippen LogP contribution in [0.15, 0.2) is 12.1 Å². The number of nitrogens with zero attached hydrogens (tertiary/aromatic N) is 2. The molecule has 0 aromatic heterocycles. The zero-order valence-corrected chi connectivity index (χ0v) is 14.4. The number of benzene rings is 1. The lowest BCUT2D eigenvalue weighted by Crippen LogP contribution is -2.46. The van der Waals surface area contributed by atoms with E-state index in [1.165, 1.54) is 4.90 Å². The molecule has 5 nitrogen and oxygen atoms in total. The summed E-state index contributed by atoms with van der Waals surface area (Å²) in [5.74, 6) is -5.71. The average molecular weight is 367 g/mol. The standard InChI is InChI=1S/C18H20F3N3O2/c1-2-9-24(17(26)18(11-22)7-3-4-8-18)10-14(25)23-13-6-5-12(19)15(20)16(13)21/h5-6H,2-4,7-10H2,1H3,(H,23,25). The van der Waals surface area contributed by atoms with Gasteiger partial charge in [-0.25, -0.2) is 13.2 Å². The van der Waals surface area contributed by atoms with Crippen LogP contribution in [0, 0.1) is 34.2 Å². The lowest BCUT2D eigenvalue weighted by atomic mass is 9.86. The number of nitrogens with one attached hydrogen (secondary N) is 1. The molecule has 0 radical (unpaired) electrons. The maximum atomic E-state index is 13.7. The largest absolute Gasteiger partial charge is 0.332 e. The summed E-state index contributed by atoms with van der Waals surface area (Å²) in [6.45, 7) is 1.69. The highest BCUT2D eigenvalue weighted by atomic mass is 19.2. The van der Waals surface area contributed by atoms with Gasteiger partial charge in [0, 0.05) is 6.54 Å². The average Bonchev–Trinajstić information content (AvgIpc) is 3.11. The fourth-order valence-corrected chi connectivity index (χ4v) is 3.16. The topological polar surface area (TPSA) is 73.2 Å². The van der Waals surface area contributed by atoms with E-state index in [0.29, 0.717) is 25.3 Å². The molecule has 2 amide bonds. The Morgan fingerprint density at radius 1 is 1.23 bits per heavy atom. The molecular formula is C18H20F3N3O2. The summed E-state index contributed by atoms with van der Waals surface area (Å²) in [5, 5.41) is 11.6. The van der Waals surface area contributed by atoms with E-state index in [9.17, 15) is 28.0 Å². The van der Waals surface area contributed by atoms with E-state index in [1.54, 1.807) is 0 Å². The molecule has 1 aromatic carbocycles. The first-order valence-corrected chi connectivity index (χ1v) is 8.48. The fraction of sp³-hybridized carbons (Fsp3) is 0.500. The van der Waals surface area contributed by atoms with E-state index >= 15 is 0 Å². The molecule has 1 fully saturated rings. The van der Waals surface area contributed by atoms with Crippen molar-refractivity contribution in [2.24, 2.45) is 5.41 Å².